The first-order valence-corrected chi connectivity index (χ1v) is 10.4. The van der Waals surface area contributed by atoms with Crippen LogP contribution in [0, 0.1) is 6.92 Å². The number of benzene rings is 2. The van der Waals surface area contributed by atoms with E-state index in [2.05, 4.69) is 36.2 Å². The van der Waals surface area contributed by atoms with E-state index in [1.54, 1.807) is 0 Å². The lowest BCUT2D eigenvalue weighted by molar-refractivity contribution is 0.282. The summed E-state index contributed by atoms with van der Waals surface area (Å²) in [5, 5.41) is 14.0. The quantitative estimate of drug-likeness (QED) is 0.462. The van der Waals surface area contributed by atoms with Gasteiger partial charge in [-0.25, -0.2) is 0 Å². The van der Waals surface area contributed by atoms with Gasteiger partial charge in [-0.05, 0) is 65.1 Å². The number of aliphatic hydroxyl groups is 1. The number of aromatic amines is 1. The van der Waals surface area contributed by atoms with Crippen molar-refractivity contribution in [3.05, 3.63) is 68.8 Å². The molecule has 0 aliphatic carbocycles. The van der Waals surface area contributed by atoms with E-state index in [1.165, 1.54) is 16.9 Å². The van der Waals surface area contributed by atoms with Crippen LogP contribution in [0.4, 0.5) is 0 Å². The van der Waals surface area contributed by atoms with Gasteiger partial charge in [0.05, 0.1) is 12.1 Å². The molecule has 0 radical (unpaired) electrons. The zero-order valence-corrected chi connectivity index (χ0v) is 16.9. The van der Waals surface area contributed by atoms with E-state index in [1.807, 2.05) is 24.4 Å². The Labute approximate surface area is 167 Å². The number of aryl methyl sites for hydroxylation is 1. The minimum Gasteiger partial charge on any atom is -0.392 e. The molecule has 0 saturated carbocycles. The average molecular weight is 393 g/mol. The fourth-order valence-electron chi connectivity index (χ4n) is 4.09. The highest BCUT2D eigenvalue weighted by Crippen LogP contribution is 2.38. The van der Waals surface area contributed by atoms with Crippen molar-refractivity contribution < 1.29 is 5.11 Å². The molecule has 1 atom stereocenters. The largest absolute Gasteiger partial charge is 0.392 e. The molecule has 0 aliphatic rings. The third kappa shape index (κ3) is 2.96. The molecule has 0 spiro atoms. The van der Waals surface area contributed by atoms with Gasteiger partial charge in [0.2, 0.25) is 0 Å². The van der Waals surface area contributed by atoms with Crippen molar-refractivity contribution >= 4 is 32.3 Å². The smallest absolute Gasteiger partial charge is 0.266 e. The lowest BCUT2D eigenvalue weighted by Crippen LogP contribution is -2.11. The molecule has 28 heavy (non-hydrogen) atoms. The van der Waals surface area contributed by atoms with Crippen molar-refractivity contribution in [2.45, 2.75) is 32.8 Å². The maximum absolute atomic E-state index is 12.5. The summed E-state index contributed by atoms with van der Waals surface area (Å²) in [5.74, 6) is 0.348. The number of aromatic nitrogens is 1. The summed E-state index contributed by atoms with van der Waals surface area (Å²) in [6.07, 6.45) is 1.00. The van der Waals surface area contributed by atoms with Crippen LogP contribution >= 0.6 is 11.3 Å². The third-order valence-corrected chi connectivity index (χ3v) is 6.52. The number of nitrogens with one attached hydrogen (secondary N) is 1. The number of hydrogen-bond acceptors (Lipinski definition) is 4. The van der Waals surface area contributed by atoms with Gasteiger partial charge in [0.25, 0.3) is 5.56 Å². The Hall–Kier alpha value is -2.47. The Morgan fingerprint density at radius 2 is 1.96 bits per heavy atom. The van der Waals surface area contributed by atoms with E-state index >= 15 is 0 Å². The van der Waals surface area contributed by atoms with Crippen LogP contribution in [0.15, 0.2) is 46.6 Å². The zero-order chi connectivity index (χ0) is 19.8. The van der Waals surface area contributed by atoms with Crippen molar-refractivity contribution in [3.8, 4) is 11.1 Å². The molecule has 0 unspecified atom stereocenters. The first-order valence-electron chi connectivity index (χ1n) is 9.55. The zero-order valence-electron chi connectivity index (χ0n) is 16.1. The van der Waals surface area contributed by atoms with Crippen LogP contribution in [0.2, 0.25) is 0 Å². The van der Waals surface area contributed by atoms with Gasteiger partial charge < -0.3 is 15.8 Å². The predicted octanol–water partition coefficient (Wildman–Crippen LogP) is 4.66. The number of aliphatic hydroxyl groups excluding tert-OH is 1. The molecule has 4 aromatic rings. The Bertz CT molecular complexity index is 1200. The number of rotatable bonds is 5. The molecule has 5 heteroatoms. The molecule has 0 fully saturated rings. The molecule has 144 valence electrons. The molecule has 0 saturated heterocycles. The van der Waals surface area contributed by atoms with Crippen LogP contribution in [0.1, 0.15) is 36.0 Å². The lowest BCUT2D eigenvalue weighted by Gasteiger charge is -2.17. The highest BCUT2D eigenvalue weighted by molar-refractivity contribution is 7.17. The van der Waals surface area contributed by atoms with Gasteiger partial charge in [0.15, 0.2) is 0 Å². The number of hydrogen-bond donors (Lipinski definition) is 3. The van der Waals surface area contributed by atoms with Crippen molar-refractivity contribution in [2.75, 3.05) is 6.54 Å². The summed E-state index contributed by atoms with van der Waals surface area (Å²) < 4.78 is 0.717. The molecule has 4 N–H and O–H groups in total. The van der Waals surface area contributed by atoms with E-state index in [4.69, 9.17) is 5.73 Å². The second-order valence-electron chi connectivity index (χ2n) is 7.22. The number of thiophene rings is 1. The third-order valence-electron chi connectivity index (χ3n) is 5.60. The van der Waals surface area contributed by atoms with Gasteiger partial charge in [-0.3, -0.25) is 4.79 Å². The van der Waals surface area contributed by atoms with Gasteiger partial charge in [-0.1, -0.05) is 37.3 Å². The Morgan fingerprint density at radius 1 is 1.21 bits per heavy atom. The highest BCUT2D eigenvalue weighted by atomic mass is 32.1. The van der Waals surface area contributed by atoms with Gasteiger partial charge in [-0.2, -0.15) is 0 Å². The Balaban J connectivity index is 2.04. The van der Waals surface area contributed by atoms with E-state index in [-0.39, 0.29) is 12.2 Å². The summed E-state index contributed by atoms with van der Waals surface area (Å²) in [7, 11) is 0. The van der Waals surface area contributed by atoms with Crippen molar-refractivity contribution in [1.29, 1.82) is 0 Å². The molecule has 2 aromatic carbocycles. The standard InChI is InChI=1S/C23H24N2O2S/c1-3-14(11-24)15-4-6-16(7-5-15)19-17(12-26)10-13(2)21-20(19)18-8-9-28-22(18)23(27)25-21/h4-10,14,26H,3,11-12,24H2,1-2H3,(H,25,27)/t14-/m0/s1. The molecular weight excluding hydrogens is 368 g/mol. The van der Waals surface area contributed by atoms with Crippen LogP contribution in [0.3, 0.4) is 0 Å². The summed E-state index contributed by atoms with van der Waals surface area (Å²) in [6.45, 7) is 4.68. The molecular formula is C23H24N2O2S. The maximum atomic E-state index is 12.5. The Morgan fingerprint density at radius 3 is 2.61 bits per heavy atom. The Kier molecular flexibility index (Phi) is 5.06. The lowest BCUT2D eigenvalue weighted by atomic mass is 9.89. The molecule has 0 aliphatic heterocycles. The highest BCUT2D eigenvalue weighted by Gasteiger charge is 2.17. The van der Waals surface area contributed by atoms with Crippen LogP contribution in [-0.2, 0) is 6.61 Å². The summed E-state index contributed by atoms with van der Waals surface area (Å²) >= 11 is 1.44. The van der Waals surface area contributed by atoms with E-state index < -0.39 is 0 Å². The number of fused-ring (bicyclic) bond motifs is 3. The van der Waals surface area contributed by atoms with Crippen molar-refractivity contribution in [1.82, 2.24) is 4.98 Å². The number of pyridine rings is 1. The topological polar surface area (TPSA) is 79.1 Å². The van der Waals surface area contributed by atoms with Gasteiger partial charge in [0.1, 0.15) is 4.70 Å². The molecule has 0 amide bonds. The average Bonchev–Trinajstić information content (AvgIpc) is 3.21. The summed E-state index contributed by atoms with van der Waals surface area (Å²) in [4.78, 5) is 15.5. The van der Waals surface area contributed by atoms with Crippen molar-refractivity contribution in [2.24, 2.45) is 5.73 Å². The molecule has 2 aromatic heterocycles. The minimum atomic E-state index is -0.0626. The van der Waals surface area contributed by atoms with Crippen LogP contribution in [-0.4, -0.2) is 16.6 Å². The molecule has 4 nitrogen and oxygen atoms in total. The maximum Gasteiger partial charge on any atom is 0.266 e. The van der Waals surface area contributed by atoms with Crippen molar-refractivity contribution in [3.63, 3.8) is 0 Å². The minimum absolute atomic E-state index is 0.0565. The van der Waals surface area contributed by atoms with Gasteiger partial charge >= 0.3 is 0 Å². The molecule has 4 rings (SSSR count). The first-order chi connectivity index (χ1) is 13.6. The molecule has 2 heterocycles. The van der Waals surface area contributed by atoms with Crippen LogP contribution in [0.25, 0.3) is 32.1 Å². The SMILES string of the molecule is CC[C@@H](CN)c1ccc(-c2c(CO)cc(C)c3[nH]c(=O)c4sccc4c23)cc1. The second-order valence-corrected chi connectivity index (χ2v) is 8.13. The second kappa shape index (κ2) is 7.51. The van der Waals surface area contributed by atoms with E-state index in [0.29, 0.717) is 17.2 Å². The van der Waals surface area contributed by atoms with E-state index in [0.717, 1.165) is 45.0 Å². The van der Waals surface area contributed by atoms with Gasteiger partial charge in [-0.15, -0.1) is 11.3 Å². The summed E-state index contributed by atoms with van der Waals surface area (Å²) in [5.41, 5.74) is 11.7. The van der Waals surface area contributed by atoms with Gasteiger partial charge in [0, 0.05) is 10.8 Å². The fraction of sp³-hybridized carbons (Fsp3) is 0.261. The van der Waals surface area contributed by atoms with Crippen LogP contribution in [0.5, 0.6) is 0 Å². The molecule has 0 bridgehead atoms. The number of nitrogens with two attached hydrogens (primary N) is 1. The van der Waals surface area contributed by atoms with Crippen LogP contribution < -0.4 is 11.3 Å². The first kappa shape index (κ1) is 18.9. The monoisotopic (exact) mass is 392 g/mol. The van der Waals surface area contributed by atoms with E-state index in [9.17, 15) is 9.90 Å². The predicted molar refractivity (Wildman–Crippen MR) is 118 cm³/mol. The fourth-order valence-corrected chi connectivity index (χ4v) is 4.88. The summed E-state index contributed by atoms with van der Waals surface area (Å²) in [6, 6.07) is 12.4. The number of H-pyrrole nitrogens is 1. The normalized spacial score (nSPS) is 12.7.